The van der Waals surface area contributed by atoms with Crippen molar-refractivity contribution in [2.24, 2.45) is 5.92 Å². The lowest BCUT2D eigenvalue weighted by molar-refractivity contribution is -0.0135. The van der Waals surface area contributed by atoms with Crippen molar-refractivity contribution in [2.45, 2.75) is 76.0 Å². The fourth-order valence-electron chi connectivity index (χ4n) is 3.30. The summed E-state index contributed by atoms with van der Waals surface area (Å²) in [7, 11) is 0. The van der Waals surface area contributed by atoms with E-state index in [2.05, 4.69) is 12.2 Å². The van der Waals surface area contributed by atoms with Crippen molar-refractivity contribution in [1.82, 2.24) is 5.32 Å². The Labute approximate surface area is 105 Å². The monoisotopic (exact) mass is 241 g/mol. The minimum atomic E-state index is -0.520. The van der Waals surface area contributed by atoms with Crippen molar-refractivity contribution in [2.75, 3.05) is 6.54 Å². The Morgan fingerprint density at radius 2 is 1.88 bits per heavy atom. The molecule has 2 atom stereocenters. The first kappa shape index (κ1) is 13.3. The van der Waals surface area contributed by atoms with Crippen LogP contribution in [0.15, 0.2) is 0 Å². The Balaban J connectivity index is 1.74. The van der Waals surface area contributed by atoms with Gasteiger partial charge in [0.25, 0.3) is 0 Å². The van der Waals surface area contributed by atoms with Gasteiger partial charge in [-0.15, -0.1) is 0 Å². The molecule has 0 aromatic heterocycles. The highest BCUT2D eigenvalue weighted by Crippen LogP contribution is 2.33. The van der Waals surface area contributed by atoms with Crippen molar-refractivity contribution in [1.29, 1.82) is 0 Å². The summed E-state index contributed by atoms with van der Waals surface area (Å²) in [5, 5.41) is 23.6. The molecule has 2 fully saturated rings. The van der Waals surface area contributed by atoms with Gasteiger partial charge in [-0.2, -0.15) is 0 Å². The minimum absolute atomic E-state index is 0.203. The third kappa shape index (κ3) is 3.43. The van der Waals surface area contributed by atoms with Crippen LogP contribution in [-0.2, 0) is 0 Å². The third-order valence-electron chi connectivity index (χ3n) is 4.79. The van der Waals surface area contributed by atoms with Crippen molar-refractivity contribution in [3.8, 4) is 0 Å². The molecule has 0 aliphatic heterocycles. The molecule has 100 valence electrons. The molecular formula is C14H27NO2. The maximum absolute atomic E-state index is 10.5. The first-order valence-electron chi connectivity index (χ1n) is 7.27. The van der Waals surface area contributed by atoms with Crippen LogP contribution in [-0.4, -0.2) is 34.5 Å². The van der Waals surface area contributed by atoms with E-state index in [1.54, 1.807) is 0 Å². The van der Waals surface area contributed by atoms with Crippen LogP contribution in [0.4, 0.5) is 0 Å². The van der Waals surface area contributed by atoms with Gasteiger partial charge in [0.05, 0.1) is 11.7 Å². The Bertz CT molecular complexity index is 236. The maximum Gasteiger partial charge on any atom is 0.0771 e. The van der Waals surface area contributed by atoms with Crippen LogP contribution in [0, 0.1) is 5.92 Å². The summed E-state index contributed by atoms with van der Waals surface area (Å²) in [6, 6.07) is 0.211. The third-order valence-corrected chi connectivity index (χ3v) is 4.79. The number of hydrogen-bond donors (Lipinski definition) is 3. The number of rotatable bonds is 4. The molecular weight excluding hydrogens is 214 g/mol. The van der Waals surface area contributed by atoms with Crippen LogP contribution in [0.1, 0.15) is 58.3 Å². The van der Waals surface area contributed by atoms with Crippen LogP contribution in [0.3, 0.4) is 0 Å². The molecule has 0 spiro atoms. The van der Waals surface area contributed by atoms with Gasteiger partial charge in [0.15, 0.2) is 0 Å². The fraction of sp³-hybridized carbons (Fsp3) is 1.00. The Hall–Kier alpha value is -0.120. The zero-order valence-electron chi connectivity index (χ0n) is 11.0. The summed E-state index contributed by atoms with van der Waals surface area (Å²) in [6.07, 6.45) is 8.25. The predicted molar refractivity (Wildman–Crippen MR) is 68.8 cm³/mol. The molecule has 0 amide bonds. The Kier molecular flexibility index (Phi) is 4.45. The second kappa shape index (κ2) is 5.68. The average Bonchev–Trinajstić information content (AvgIpc) is 2.74. The van der Waals surface area contributed by atoms with Crippen molar-refractivity contribution in [3.63, 3.8) is 0 Å². The molecule has 2 rings (SSSR count). The van der Waals surface area contributed by atoms with E-state index in [4.69, 9.17) is 0 Å². The van der Waals surface area contributed by atoms with Crippen molar-refractivity contribution >= 4 is 0 Å². The summed E-state index contributed by atoms with van der Waals surface area (Å²) in [6.45, 7) is 2.90. The van der Waals surface area contributed by atoms with Gasteiger partial charge < -0.3 is 15.5 Å². The lowest BCUT2D eigenvalue weighted by Gasteiger charge is -2.37. The molecule has 0 heterocycles. The van der Waals surface area contributed by atoms with Gasteiger partial charge >= 0.3 is 0 Å². The largest absolute Gasteiger partial charge is 0.392 e. The summed E-state index contributed by atoms with van der Waals surface area (Å²) in [5.74, 6) is 0.812. The molecule has 17 heavy (non-hydrogen) atoms. The van der Waals surface area contributed by atoms with Gasteiger partial charge in [-0.25, -0.2) is 0 Å². The molecule has 0 aromatic rings. The van der Waals surface area contributed by atoms with E-state index < -0.39 is 5.60 Å². The van der Waals surface area contributed by atoms with E-state index >= 15 is 0 Å². The highest BCUT2D eigenvalue weighted by Gasteiger charge is 2.34. The van der Waals surface area contributed by atoms with Gasteiger partial charge in [-0.3, -0.25) is 0 Å². The van der Waals surface area contributed by atoms with E-state index in [1.807, 2.05) is 0 Å². The summed E-state index contributed by atoms with van der Waals surface area (Å²) in [5.41, 5.74) is -0.520. The van der Waals surface area contributed by atoms with Crippen molar-refractivity contribution in [3.05, 3.63) is 0 Å². The van der Waals surface area contributed by atoms with Crippen LogP contribution in [0.2, 0.25) is 0 Å². The van der Waals surface area contributed by atoms with Gasteiger partial charge in [-0.1, -0.05) is 13.3 Å². The molecule has 0 aromatic carbocycles. The van der Waals surface area contributed by atoms with E-state index in [1.165, 1.54) is 6.42 Å². The quantitative estimate of drug-likeness (QED) is 0.704. The first-order chi connectivity index (χ1) is 8.13. The molecule has 0 bridgehead atoms. The molecule has 3 heteroatoms. The van der Waals surface area contributed by atoms with Gasteiger partial charge in [0.2, 0.25) is 0 Å². The molecule has 3 nitrogen and oxygen atoms in total. The van der Waals surface area contributed by atoms with E-state index in [-0.39, 0.29) is 12.1 Å². The SMILES string of the molecule is CCC1CCC(O)(CN[C@@H]2CCC[C@H]2O)CC1. The second-order valence-corrected chi connectivity index (χ2v) is 6.06. The Morgan fingerprint density at radius 3 is 2.41 bits per heavy atom. The minimum Gasteiger partial charge on any atom is -0.392 e. The maximum atomic E-state index is 10.5. The normalized spacial score (nSPS) is 42.9. The van der Waals surface area contributed by atoms with E-state index in [0.717, 1.165) is 50.9 Å². The second-order valence-electron chi connectivity index (χ2n) is 6.06. The van der Waals surface area contributed by atoms with E-state index in [9.17, 15) is 10.2 Å². The van der Waals surface area contributed by atoms with Gasteiger partial charge in [-0.05, 0) is 50.9 Å². The van der Waals surface area contributed by atoms with Crippen LogP contribution in [0.5, 0.6) is 0 Å². The lowest BCUT2D eigenvalue weighted by atomic mass is 9.78. The average molecular weight is 241 g/mol. The number of hydrogen-bond acceptors (Lipinski definition) is 3. The molecule has 2 saturated carbocycles. The van der Waals surface area contributed by atoms with Crippen molar-refractivity contribution < 1.29 is 10.2 Å². The summed E-state index contributed by atoms with van der Waals surface area (Å²) < 4.78 is 0. The number of aliphatic hydroxyl groups is 2. The molecule has 2 aliphatic carbocycles. The molecule has 2 aliphatic rings. The van der Waals surface area contributed by atoms with Gasteiger partial charge in [0, 0.05) is 12.6 Å². The lowest BCUT2D eigenvalue weighted by Crippen LogP contribution is -2.48. The molecule has 0 radical (unpaired) electrons. The van der Waals surface area contributed by atoms with E-state index in [0.29, 0.717) is 6.54 Å². The standard InChI is InChI=1S/C14H27NO2/c1-2-11-6-8-14(17,9-7-11)10-15-12-4-3-5-13(12)16/h11-13,15-17H,2-10H2,1H3/t11?,12-,13-,14?/m1/s1. The summed E-state index contributed by atoms with van der Waals surface area (Å²) in [4.78, 5) is 0. The summed E-state index contributed by atoms with van der Waals surface area (Å²) >= 11 is 0. The fourth-order valence-corrected chi connectivity index (χ4v) is 3.30. The zero-order chi connectivity index (χ0) is 12.3. The molecule has 3 N–H and O–H groups in total. The highest BCUT2D eigenvalue weighted by atomic mass is 16.3. The van der Waals surface area contributed by atoms with Crippen LogP contribution < -0.4 is 5.32 Å². The smallest absolute Gasteiger partial charge is 0.0771 e. The zero-order valence-corrected chi connectivity index (χ0v) is 11.0. The van der Waals surface area contributed by atoms with Gasteiger partial charge in [0.1, 0.15) is 0 Å². The predicted octanol–water partition coefficient (Wildman–Crippen LogP) is 1.82. The highest BCUT2D eigenvalue weighted by molar-refractivity contribution is 4.90. The Morgan fingerprint density at radius 1 is 1.18 bits per heavy atom. The topological polar surface area (TPSA) is 52.5 Å². The molecule has 0 saturated heterocycles. The number of aliphatic hydroxyl groups excluding tert-OH is 1. The number of nitrogens with one attached hydrogen (secondary N) is 1. The molecule has 0 unspecified atom stereocenters. The van der Waals surface area contributed by atoms with Crippen LogP contribution >= 0.6 is 0 Å². The van der Waals surface area contributed by atoms with Crippen LogP contribution in [0.25, 0.3) is 0 Å². The first-order valence-corrected chi connectivity index (χ1v) is 7.27.